The van der Waals surface area contributed by atoms with Crippen molar-refractivity contribution >= 4 is 35.8 Å². The summed E-state index contributed by atoms with van der Waals surface area (Å²) in [6.07, 6.45) is 0. The van der Waals surface area contributed by atoms with Crippen LogP contribution in [0.2, 0.25) is 0 Å². The monoisotopic (exact) mass is 512 g/mol. The molecule has 28 heavy (non-hydrogen) atoms. The van der Waals surface area contributed by atoms with E-state index in [9.17, 15) is 13.6 Å². The average molecular weight is 512 g/mol. The van der Waals surface area contributed by atoms with Crippen LogP contribution in [0.1, 0.15) is 12.5 Å². The zero-order valence-electron chi connectivity index (χ0n) is 16.4. The zero-order chi connectivity index (χ0) is 20.4. The molecular weight excluding hydrogens is 485 g/mol. The van der Waals surface area contributed by atoms with Gasteiger partial charge in [-0.05, 0) is 25.1 Å². The Morgan fingerprint density at radius 1 is 1.29 bits per heavy atom. The minimum atomic E-state index is -2.95. The molecule has 1 aromatic rings. The Morgan fingerprint density at radius 2 is 1.93 bits per heavy atom. The number of nitrogens with zero attached hydrogens (tertiary/aromatic N) is 2. The number of nitrogens with one attached hydrogen (secondary N) is 2. The number of carbonyl (C=O) groups excluding carboxylic acids is 1. The molecule has 1 aromatic carbocycles. The maximum Gasteiger partial charge on any atom is 0.387 e. The first-order chi connectivity index (χ1) is 12.7. The van der Waals surface area contributed by atoms with Gasteiger partial charge in [0.2, 0.25) is 5.91 Å². The molecule has 0 radical (unpaired) electrons. The predicted molar refractivity (Wildman–Crippen MR) is 116 cm³/mol. The van der Waals surface area contributed by atoms with E-state index in [4.69, 9.17) is 4.74 Å². The lowest BCUT2D eigenvalue weighted by Gasteiger charge is -2.16. The van der Waals surface area contributed by atoms with E-state index in [1.807, 2.05) is 6.92 Å². The molecule has 10 heteroatoms. The van der Waals surface area contributed by atoms with E-state index < -0.39 is 6.61 Å². The molecule has 0 spiro atoms. The molecule has 0 atom stereocenters. The predicted octanol–water partition coefficient (Wildman–Crippen LogP) is 2.61. The number of rotatable bonds is 9. The van der Waals surface area contributed by atoms with Crippen LogP contribution in [0.15, 0.2) is 35.3 Å². The number of likely N-dealkylation sites (N-methyl/N-ethyl adjacent to an activating group) is 1. The quantitative estimate of drug-likeness (QED) is 0.231. The van der Waals surface area contributed by atoms with Crippen LogP contribution in [0.5, 0.6) is 11.5 Å². The van der Waals surface area contributed by atoms with E-state index in [2.05, 4.69) is 26.9 Å². The second-order valence-electron chi connectivity index (χ2n) is 5.97. The third kappa shape index (κ3) is 9.72. The largest absolute Gasteiger partial charge is 0.497 e. The van der Waals surface area contributed by atoms with Gasteiger partial charge in [0.15, 0.2) is 5.96 Å². The van der Waals surface area contributed by atoms with Crippen molar-refractivity contribution in [3.63, 3.8) is 0 Å². The van der Waals surface area contributed by atoms with Gasteiger partial charge in [0, 0.05) is 26.2 Å². The summed E-state index contributed by atoms with van der Waals surface area (Å²) in [5.41, 5.74) is 1.29. The number of benzene rings is 1. The van der Waals surface area contributed by atoms with E-state index in [0.29, 0.717) is 23.8 Å². The number of alkyl halides is 2. The maximum absolute atomic E-state index is 12.6. The summed E-state index contributed by atoms with van der Waals surface area (Å²) in [4.78, 5) is 17.5. The highest BCUT2D eigenvalue weighted by Crippen LogP contribution is 2.26. The van der Waals surface area contributed by atoms with E-state index in [0.717, 1.165) is 5.57 Å². The normalized spacial score (nSPS) is 10.8. The van der Waals surface area contributed by atoms with Crippen molar-refractivity contribution in [2.45, 2.75) is 20.1 Å². The molecule has 0 bridgehead atoms. The summed E-state index contributed by atoms with van der Waals surface area (Å²) < 4.78 is 34.9. The topological polar surface area (TPSA) is 75.2 Å². The number of ether oxygens (including phenoxy) is 2. The van der Waals surface area contributed by atoms with Gasteiger partial charge in [-0.2, -0.15) is 8.78 Å². The Morgan fingerprint density at radius 3 is 2.46 bits per heavy atom. The van der Waals surface area contributed by atoms with E-state index in [1.54, 1.807) is 20.2 Å². The fraction of sp³-hybridized carbons (Fsp3) is 0.444. The van der Waals surface area contributed by atoms with E-state index in [-0.39, 0.29) is 48.7 Å². The molecule has 0 saturated carbocycles. The van der Waals surface area contributed by atoms with Gasteiger partial charge in [0.1, 0.15) is 11.5 Å². The fourth-order valence-corrected chi connectivity index (χ4v) is 1.91. The Labute approximate surface area is 181 Å². The molecule has 1 rings (SSSR count). The van der Waals surface area contributed by atoms with Gasteiger partial charge in [0.05, 0.1) is 20.2 Å². The molecule has 0 fully saturated rings. The van der Waals surface area contributed by atoms with Gasteiger partial charge in [0.25, 0.3) is 0 Å². The van der Waals surface area contributed by atoms with Gasteiger partial charge in [-0.25, -0.2) is 4.99 Å². The summed E-state index contributed by atoms with van der Waals surface area (Å²) >= 11 is 0. The van der Waals surface area contributed by atoms with Crippen LogP contribution in [0.25, 0.3) is 0 Å². The summed E-state index contributed by atoms with van der Waals surface area (Å²) in [5.74, 6) is 0.717. The molecule has 158 valence electrons. The molecule has 2 N–H and O–H groups in total. The van der Waals surface area contributed by atoms with Gasteiger partial charge >= 0.3 is 6.61 Å². The summed E-state index contributed by atoms with van der Waals surface area (Å²) in [6.45, 7) is 3.21. The van der Waals surface area contributed by atoms with Gasteiger partial charge in [-0.15, -0.1) is 24.0 Å². The summed E-state index contributed by atoms with van der Waals surface area (Å²) in [6, 6.07) is 4.50. The third-order valence-electron chi connectivity index (χ3n) is 3.35. The minimum Gasteiger partial charge on any atom is -0.497 e. The lowest BCUT2D eigenvalue weighted by Crippen LogP contribution is -2.43. The minimum absolute atomic E-state index is 0. The number of halogens is 3. The lowest BCUT2D eigenvalue weighted by atomic mass is 10.2. The van der Waals surface area contributed by atoms with Crippen molar-refractivity contribution in [3.05, 3.63) is 35.9 Å². The Bertz CT molecular complexity index is 685. The first-order valence-electron chi connectivity index (χ1n) is 8.21. The van der Waals surface area contributed by atoms with Gasteiger partial charge in [-0.3, -0.25) is 4.79 Å². The molecule has 0 aliphatic carbocycles. The van der Waals surface area contributed by atoms with Crippen molar-refractivity contribution < 1.29 is 23.0 Å². The van der Waals surface area contributed by atoms with E-state index in [1.165, 1.54) is 24.1 Å². The first kappa shape index (κ1) is 25.9. The SMILES string of the molecule is C=C(C)CNC(=NCc1cc(OC)ccc1OC(F)F)NCC(=O)N(C)C.I. The highest BCUT2D eigenvalue weighted by molar-refractivity contribution is 14.0. The Kier molecular flexibility index (Phi) is 12.1. The fourth-order valence-electron chi connectivity index (χ4n) is 1.91. The van der Waals surface area contributed by atoms with Crippen molar-refractivity contribution in [1.29, 1.82) is 0 Å². The Balaban J connectivity index is 0.00000729. The van der Waals surface area contributed by atoms with Crippen LogP contribution in [0.4, 0.5) is 8.78 Å². The molecule has 0 aromatic heterocycles. The number of hydrogen-bond acceptors (Lipinski definition) is 4. The van der Waals surface area contributed by atoms with Crippen molar-refractivity contribution in [2.24, 2.45) is 4.99 Å². The lowest BCUT2D eigenvalue weighted by molar-refractivity contribution is -0.127. The average Bonchev–Trinajstić information content (AvgIpc) is 2.60. The molecule has 0 heterocycles. The highest BCUT2D eigenvalue weighted by Gasteiger charge is 2.12. The number of aliphatic imine (C=N–C) groups is 1. The number of hydrogen-bond donors (Lipinski definition) is 2. The molecule has 0 unspecified atom stereocenters. The molecule has 1 amide bonds. The summed E-state index contributed by atoms with van der Waals surface area (Å²) in [7, 11) is 4.77. The van der Waals surface area contributed by atoms with Crippen molar-refractivity contribution in [2.75, 3.05) is 34.3 Å². The second kappa shape index (κ2) is 13.1. The third-order valence-corrected chi connectivity index (χ3v) is 3.35. The molecule has 0 saturated heterocycles. The first-order valence-corrected chi connectivity index (χ1v) is 8.21. The van der Waals surface area contributed by atoms with Crippen LogP contribution in [0.3, 0.4) is 0 Å². The molecule has 0 aliphatic heterocycles. The smallest absolute Gasteiger partial charge is 0.387 e. The van der Waals surface area contributed by atoms with Crippen molar-refractivity contribution in [3.8, 4) is 11.5 Å². The molecule has 7 nitrogen and oxygen atoms in total. The number of amides is 1. The number of carbonyl (C=O) groups is 1. The standard InChI is InChI=1S/C18H26F2N4O3.HI/c1-12(2)9-21-18(23-11-16(25)24(3)4)22-10-13-8-14(26-5)6-7-15(13)27-17(19)20;/h6-8,17H,1,9-11H2,2-5H3,(H2,21,22,23);1H. The molecule has 0 aliphatic rings. The molecular formula is C18H27F2IN4O3. The van der Waals surface area contributed by atoms with Gasteiger partial charge < -0.3 is 25.0 Å². The number of methoxy groups -OCH3 is 1. The zero-order valence-corrected chi connectivity index (χ0v) is 18.8. The maximum atomic E-state index is 12.6. The van der Waals surface area contributed by atoms with E-state index >= 15 is 0 Å². The van der Waals surface area contributed by atoms with Crippen molar-refractivity contribution in [1.82, 2.24) is 15.5 Å². The van der Waals surface area contributed by atoms with Crippen LogP contribution < -0.4 is 20.1 Å². The van der Waals surface area contributed by atoms with Crippen LogP contribution in [-0.4, -0.2) is 57.7 Å². The van der Waals surface area contributed by atoms with Gasteiger partial charge in [-0.1, -0.05) is 12.2 Å². The van der Waals surface area contributed by atoms with Crippen LogP contribution in [0, 0.1) is 0 Å². The highest BCUT2D eigenvalue weighted by atomic mass is 127. The Hall–Kier alpha value is -2.11. The number of guanidine groups is 1. The van der Waals surface area contributed by atoms with Crippen LogP contribution in [-0.2, 0) is 11.3 Å². The second-order valence-corrected chi connectivity index (χ2v) is 5.97. The van der Waals surface area contributed by atoms with Crippen LogP contribution >= 0.6 is 24.0 Å². The summed E-state index contributed by atoms with van der Waals surface area (Å²) in [5, 5.41) is 5.92.